The van der Waals surface area contributed by atoms with Crippen molar-refractivity contribution in [2.24, 2.45) is 0 Å². The van der Waals surface area contributed by atoms with Gasteiger partial charge in [0.2, 0.25) is 0 Å². The van der Waals surface area contributed by atoms with Crippen LogP contribution in [-0.2, 0) is 6.42 Å². The molecule has 0 aliphatic rings. The number of methoxy groups -OCH3 is 1. The van der Waals surface area contributed by atoms with Crippen molar-refractivity contribution in [1.82, 2.24) is 20.7 Å². The van der Waals surface area contributed by atoms with Crippen molar-refractivity contribution in [3.63, 3.8) is 0 Å². The lowest BCUT2D eigenvalue weighted by molar-refractivity contribution is 0.0842. The van der Waals surface area contributed by atoms with Crippen LogP contribution in [0.4, 0.5) is 4.79 Å². The molecule has 4 N–H and O–H groups in total. The maximum atomic E-state index is 13.1. The van der Waals surface area contributed by atoms with Crippen molar-refractivity contribution >= 4 is 17.9 Å². The molecule has 10 nitrogen and oxygen atoms in total. The van der Waals surface area contributed by atoms with Gasteiger partial charge in [0.15, 0.2) is 5.69 Å². The van der Waals surface area contributed by atoms with Crippen LogP contribution in [-0.4, -0.2) is 40.0 Å². The van der Waals surface area contributed by atoms with Gasteiger partial charge in [-0.25, -0.2) is 10.2 Å². The minimum Gasteiger partial charge on any atom is -0.497 e. The zero-order chi connectivity index (χ0) is 23.1. The normalized spacial score (nSPS) is 10.3. The second kappa shape index (κ2) is 10.1. The van der Waals surface area contributed by atoms with Crippen LogP contribution in [0.2, 0.25) is 0 Å². The van der Waals surface area contributed by atoms with Crippen LogP contribution in [0, 0.1) is 0 Å². The third-order valence-corrected chi connectivity index (χ3v) is 4.55. The van der Waals surface area contributed by atoms with Gasteiger partial charge in [0.1, 0.15) is 5.75 Å². The number of hydrogen-bond donors (Lipinski definition) is 4. The molecule has 0 saturated carbocycles. The number of carboxylic acid groups (broad SMARTS) is 1. The Kier molecular flexibility index (Phi) is 7.06. The summed E-state index contributed by atoms with van der Waals surface area (Å²) in [6, 6.07) is 15.3. The molecule has 166 valence electrons. The summed E-state index contributed by atoms with van der Waals surface area (Å²) in [4.78, 5) is 37.6. The molecular weight excluding hydrogens is 414 g/mol. The number of nitrogens with zero attached hydrogens (tertiary/aromatic N) is 2. The van der Waals surface area contributed by atoms with Gasteiger partial charge in [0, 0.05) is 11.1 Å². The number of hydrazine groups is 1. The van der Waals surface area contributed by atoms with E-state index in [0.717, 1.165) is 4.79 Å². The zero-order valence-corrected chi connectivity index (χ0v) is 17.6. The molecule has 0 aliphatic carbocycles. The molecule has 3 aromatic rings. The number of benzene rings is 2. The summed E-state index contributed by atoms with van der Waals surface area (Å²) < 4.78 is 5.28. The molecule has 3 rings (SSSR count). The molecule has 0 spiro atoms. The van der Waals surface area contributed by atoms with E-state index in [1.165, 1.54) is 7.11 Å². The molecular formula is C22H23N5O5. The summed E-state index contributed by atoms with van der Waals surface area (Å²) in [6.45, 7) is 1.94. The van der Waals surface area contributed by atoms with Crippen molar-refractivity contribution < 1.29 is 24.2 Å². The Morgan fingerprint density at radius 1 is 1.03 bits per heavy atom. The lowest BCUT2D eigenvalue weighted by Crippen LogP contribution is -2.43. The van der Waals surface area contributed by atoms with Crippen LogP contribution in [0.15, 0.2) is 54.6 Å². The SMILES string of the molecule is CCCc1nn(NC(=O)O)c(C(=O)NNC(=O)c2ccccc2)c1-c1cccc(OC)c1. The first-order valence-electron chi connectivity index (χ1n) is 9.86. The summed E-state index contributed by atoms with van der Waals surface area (Å²) in [5.41, 5.74) is 8.65. The molecule has 0 aliphatic heterocycles. The molecule has 3 amide bonds. The molecule has 0 bridgehead atoms. The van der Waals surface area contributed by atoms with Gasteiger partial charge >= 0.3 is 6.09 Å². The van der Waals surface area contributed by atoms with Gasteiger partial charge in [0.05, 0.1) is 12.8 Å². The quantitative estimate of drug-likeness (QED) is 0.420. The van der Waals surface area contributed by atoms with Crippen LogP contribution in [0.1, 0.15) is 39.9 Å². The molecule has 0 atom stereocenters. The maximum Gasteiger partial charge on any atom is 0.425 e. The minimum absolute atomic E-state index is 0.0718. The average Bonchev–Trinajstić information content (AvgIpc) is 3.15. The molecule has 0 unspecified atom stereocenters. The number of carbonyl (C=O) groups is 3. The number of carbonyl (C=O) groups excluding carboxylic acids is 2. The van der Waals surface area contributed by atoms with E-state index in [-0.39, 0.29) is 5.69 Å². The van der Waals surface area contributed by atoms with E-state index in [9.17, 15) is 19.5 Å². The molecule has 1 heterocycles. The Morgan fingerprint density at radius 2 is 1.75 bits per heavy atom. The third-order valence-electron chi connectivity index (χ3n) is 4.55. The highest BCUT2D eigenvalue weighted by Crippen LogP contribution is 2.31. The Hall–Kier alpha value is -4.34. The maximum absolute atomic E-state index is 13.1. The van der Waals surface area contributed by atoms with Gasteiger partial charge < -0.3 is 9.84 Å². The van der Waals surface area contributed by atoms with Crippen LogP contribution < -0.4 is 21.0 Å². The topological polar surface area (TPSA) is 135 Å². The minimum atomic E-state index is -1.39. The summed E-state index contributed by atoms with van der Waals surface area (Å²) in [5.74, 6) is -0.698. The van der Waals surface area contributed by atoms with Gasteiger partial charge in [-0.3, -0.25) is 20.4 Å². The predicted octanol–water partition coefficient (Wildman–Crippen LogP) is 2.81. The second-order valence-electron chi connectivity index (χ2n) is 6.76. The molecule has 1 aromatic heterocycles. The fourth-order valence-corrected chi connectivity index (χ4v) is 3.17. The van der Waals surface area contributed by atoms with Crippen LogP contribution in [0.25, 0.3) is 11.1 Å². The summed E-state index contributed by atoms with van der Waals surface area (Å²) >= 11 is 0. The summed E-state index contributed by atoms with van der Waals surface area (Å²) in [6.07, 6.45) is -0.181. The lowest BCUT2D eigenvalue weighted by atomic mass is 10.00. The Morgan fingerprint density at radius 3 is 2.41 bits per heavy atom. The highest BCUT2D eigenvalue weighted by Gasteiger charge is 2.26. The van der Waals surface area contributed by atoms with E-state index in [2.05, 4.69) is 21.4 Å². The molecule has 0 saturated heterocycles. The number of nitrogens with one attached hydrogen (secondary N) is 3. The van der Waals surface area contributed by atoms with Gasteiger partial charge in [-0.2, -0.15) is 9.89 Å². The monoisotopic (exact) mass is 437 g/mol. The number of amides is 3. The fourth-order valence-electron chi connectivity index (χ4n) is 3.17. The van der Waals surface area contributed by atoms with Gasteiger partial charge in [-0.15, -0.1) is 0 Å². The second-order valence-corrected chi connectivity index (χ2v) is 6.76. The number of aryl methyl sites for hydroxylation is 1. The van der Waals surface area contributed by atoms with E-state index >= 15 is 0 Å². The Bertz CT molecular complexity index is 1130. The summed E-state index contributed by atoms with van der Waals surface area (Å²) in [7, 11) is 1.52. The molecule has 10 heteroatoms. The van der Waals surface area contributed by atoms with Gasteiger partial charge in [-0.1, -0.05) is 43.7 Å². The molecule has 32 heavy (non-hydrogen) atoms. The van der Waals surface area contributed by atoms with E-state index in [4.69, 9.17) is 4.74 Å². The number of hydrogen-bond acceptors (Lipinski definition) is 5. The number of ether oxygens (including phenoxy) is 1. The van der Waals surface area contributed by atoms with E-state index < -0.39 is 17.9 Å². The van der Waals surface area contributed by atoms with Crippen molar-refractivity contribution in [2.75, 3.05) is 12.5 Å². The highest BCUT2D eigenvalue weighted by atomic mass is 16.5. The Labute approximate surface area is 184 Å². The van der Waals surface area contributed by atoms with Crippen molar-refractivity contribution in [3.05, 3.63) is 71.5 Å². The van der Waals surface area contributed by atoms with E-state index in [1.807, 2.05) is 6.92 Å². The molecule has 2 aromatic carbocycles. The van der Waals surface area contributed by atoms with Gasteiger partial charge in [0.25, 0.3) is 11.8 Å². The highest BCUT2D eigenvalue weighted by molar-refractivity contribution is 6.02. The summed E-state index contributed by atoms with van der Waals surface area (Å²) in [5, 5.41) is 13.5. The largest absolute Gasteiger partial charge is 0.497 e. The molecule has 0 radical (unpaired) electrons. The zero-order valence-electron chi connectivity index (χ0n) is 17.6. The predicted molar refractivity (Wildman–Crippen MR) is 117 cm³/mol. The van der Waals surface area contributed by atoms with Crippen molar-refractivity contribution in [2.45, 2.75) is 19.8 Å². The average molecular weight is 437 g/mol. The van der Waals surface area contributed by atoms with Crippen molar-refractivity contribution in [3.8, 4) is 16.9 Å². The first-order valence-corrected chi connectivity index (χ1v) is 9.86. The standard InChI is InChI=1S/C22H23N5O5/c1-3-8-17-18(15-11-7-12-16(13-15)32-2)19(27(25-17)26-22(30)31)21(29)24-23-20(28)14-9-5-4-6-10-14/h4-7,9-13,26H,3,8H2,1-2H3,(H,23,28)(H,24,29)(H,30,31). The first kappa shape index (κ1) is 22.3. The van der Waals surface area contributed by atoms with Gasteiger partial charge in [-0.05, 0) is 36.2 Å². The third kappa shape index (κ3) is 5.04. The first-order chi connectivity index (χ1) is 15.4. The molecule has 0 fully saturated rings. The van der Waals surface area contributed by atoms with Crippen LogP contribution in [0.3, 0.4) is 0 Å². The number of aromatic nitrogens is 2. The van der Waals surface area contributed by atoms with Crippen LogP contribution >= 0.6 is 0 Å². The fraction of sp³-hybridized carbons (Fsp3) is 0.182. The number of rotatable bonds is 7. The Balaban J connectivity index is 2.01. The van der Waals surface area contributed by atoms with E-state index in [0.29, 0.717) is 41.0 Å². The lowest BCUT2D eigenvalue weighted by Gasteiger charge is -2.12. The smallest absolute Gasteiger partial charge is 0.425 e. The van der Waals surface area contributed by atoms with Crippen LogP contribution in [0.5, 0.6) is 5.75 Å². The van der Waals surface area contributed by atoms with E-state index in [1.54, 1.807) is 54.6 Å². The van der Waals surface area contributed by atoms with Crippen molar-refractivity contribution in [1.29, 1.82) is 0 Å².